The van der Waals surface area contributed by atoms with Crippen LogP contribution in [0.5, 0.6) is 0 Å². The Morgan fingerprint density at radius 3 is 3.21 bits per heavy atom. The van der Waals surface area contributed by atoms with Crippen LogP contribution < -0.4 is 5.32 Å². The van der Waals surface area contributed by atoms with E-state index in [4.69, 9.17) is 0 Å². The lowest BCUT2D eigenvalue weighted by Crippen LogP contribution is -2.13. The van der Waals surface area contributed by atoms with E-state index in [2.05, 4.69) is 20.3 Å². The Kier molecular flexibility index (Phi) is 4.61. The van der Waals surface area contributed by atoms with Gasteiger partial charge in [-0.1, -0.05) is 0 Å². The molecule has 0 unspecified atom stereocenters. The van der Waals surface area contributed by atoms with Crippen molar-refractivity contribution in [2.75, 3.05) is 13.6 Å². The van der Waals surface area contributed by atoms with Gasteiger partial charge in [0.25, 0.3) is 0 Å². The molecular weight excluding hydrogens is 176 g/mol. The van der Waals surface area contributed by atoms with Gasteiger partial charge in [0.05, 0.1) is 12.2 Å². The summed E-state index contributed by atoms with van der Waals surface area (Å²) in [4.78, 5) is 12.3. The molecule has 0 aromatic rings. The van der Waals surface area contributed by atoms with Gasteiger partial charge in [-0.3, -0.25) is 9.98 Å². The van der Waals surface area contributed by atoms with Crippen LogP contribution in [0.4, 0.5) is 0 Å². The lowest BCUT2D eigenvalue weighted by atomic mass is 10.1. The maximum Gasteiger partial charge on any atom is 0.109 e. The van der Waals surface area contributed by atoms with Gasteiger partial charge in [-0.25, -0.2) is 4.99 Å². The van der Waals surface area contributed by atoms with Crippen molar-refractivity contribution in [2.45, 2.75) is 19.8 Å². The van der Waals surface area contributed by atoms with Crippen molar-refractivity contribution in [3.05, 3.63) is 11.4 Å². The summed E-state index contributed by atoms with van der Waals surface area (Å²) in [5, 5.41) is 3.15. The second-order valence-electron chi connectivity index (χ2n) is 2.89. The van der Waals surface area contributed by atoms with Crippen molar-refractivity contribution in [1.29, 1.82) is 0 Å². The quantitative estimate of drug-likeness (QED) is 0.531. The molecule has 0 aromatic heterocycles. The Balaban J connectivity index is 2.56. The van der Waals surface area contributed by atoms with E-state index in [0.717, 1.165) is 18.5 Å². The fraction of sp³-hybridized carbons (Fsp3) is 0.500. The van der Waals surface area contributed by atoms with Gasteiger partial charge in [-0.05, 0) is 19.8 Å². The van der Waals surface area contributed by atoms with Crippen LogP contribution in [-0.2, 0) is 0 Å². The van der Waals surface area contributed by atoms with Crippen LogP contribution in [0, 0.1) is 0 Å². The van der Waals surface area contributed by atoms with Gasteiger partial charge in [0.15, 0.2) is 0 Å². The van der Waals surface area contributed by atoms with Gasteiger partial charge < -0.3 is 5.32 Å². The third kappa shape index (κ3) is 3.12. The highest BCUT2D eigenvalue weighted by atomic mass is 14.9. The minimum Gasteiger partial charge on any atom is -0.390 e. The summed E-state index contributed by atoms with van der Waals surface area (Å²) in [6, 6.07) is 0. The smallest absolute Gasteiger partial charge is 0.109 e. The first-order chi connectivity index (χ1) is 6.88. The van der Waals surface area contributed by atoms with Crippen molar-refractivity contribution >= 4 is 18.8 Å². The second-order valence-corrected chi connectivity index (χ2v) is 2.89. The van der Waals surface area contributed by atoms with Crippen molar-refractivity contribution < 1.29 is 0 Å². The second kappa shape index (κ2) is 6.07. The predicted octanol–water partition coefficient (Wildman–Crippen LogP) is 1.40. The van der Waals surface area contributed by atoms with Gasteiger partial charge in [0, 0.05) is 25.2 Å². The lowest BCUT2D eigenvalue weighted by Gasteiger charge is -2.12. The maximum absolute atomic E-state index is 4.31. The Morgan fingerprint density at radius 2 is 2.50 bits per heavy atom. The first-order valence-corrected chi connectivity index (χ1v) is 4.77. The zero-order valence-corrected chi connectivity index (χ0v) is 8.70. The van der Waals surface area contributed by atoms with Crippen LogP contribution in [0.25, 0.3) is 0 Å². The summed E-state index contributed by atoms with van der Waals surface area (Å²) in [6.45, 7) is 2.47. The molecule has 0 fully saturated rings. The molecule has 0 spiro atoms. The fourth-order valence-corrected chi connectivity index (χ4v) is 1.25. The number of nitrogens with zero attached hydrogens (tertiary/aromatic N) is 3. The summed E-state index contributed by atoms with van der Waals surface area (Å²) >= 11 is 0. The fourth-order valence-electron chi connectivity index (χ4n) is 1.25. The van der Waals surface area contributed by atoms with Gasteiger partial charge in [0.1, 0.15) is 6.34 Å². The Hall–Kier alpha value is -1.45. The van der Waals surface area contributed by atoms with Crippen LogP contribution in [0.1, 0.15) is 19.8 Å². The average Bonchev–Trinajstić information content (AvgIpc) is 2.25. The molecule has 1 aliphatic rings. The highest BCUT2D eigenvalue weighted by Gasteiger charge is 2.06. The molecule has 1 heterocycles. The van der Waals surface area contributed by atoms with Gasteiger partial charge in [0.2, 0.25) is 0 Å². The van der Waals surface area contributed by atoms with E-state index in [1.807, 2.05) is 20.2 Å². The zero-order chi connectivity index (χ0) is 10.2. The molecule has 0 aliphatic carbocycles. The first-order valence-electron chi connectivity index (χ1n) is 4.77. The van der Waals surface area contributed by atoms with Crippen LogP contribution in [0.3, 0.4) is 0 Å². The van der Waals surface area contributed by atoms with E-state index < -0.39 is 0 Å². The van der Waals surface area contributed by atoms with Crippen LogP contribution in [-0.4, -0.2) is 32.4 Å². The summed E-state index contributed by atoms with van der Waals surface area (Å²) in [5.74, 6) is 0. The van der Waals surface area contributed by atoms with E-state index >= 15 is 0 Å². The molecule has 4 heteroatoms. The number of nitrogens with one attached hydrogen (secondary N) is 1. The standard InChI is InChI=1S/C10H16N4/c1-3-12-8-13-7-10-9(11-2)5-4-6-14-10/h3,6,8,11H,4-5,7H2,1-2H3. The monoisotopic (exact) mass is 192 g/mol. The average molecular weight is 192 g/mol. The minimum atomic E-state index is 0.601. The van der Waals surface area contributed by atoms with E-state index in [-0.39, 0.29) is 0 Å². The summed E-state index contributed by atoms with van der Waals surface area (Å²) in [7, 11) is 1.92. The molecule has 4 nitrogen and oxygen atoms in total. The summed E-state index contributed by atoms with van der Waals surface area (Å²) < 4.78 is 0. The zero-order valence-electron chi connectivity index (χ0n) is 8.70. The summed E-state index contributed by atoms with van der Waals surface area (Å²) in [6.07, 6.45) is 7.25. The number of allylic oxidation sites excluding steroid dienone is 1. The molecule has 0 bridgehead atoms. The normalized spacial score (nSPS) is 17.3. The number of hydrogen-bond donors (Lipinski definition) is 1. The van der Waals surface area contributed by atoms with Gasteiger partial charge in [-0.2, -0.15) is 0 Å². The highest BCUT2D eigenvalue weighted by molar-refractivity contribution is 5.70. The minimum absolute atomic E-state index is 0.601. The van der Waals surface area contributed by atoms with Crippen LogP contribution in [0.15, 0.2) is 26.4 Å². The molecule has 0 atom stereocenters. The molecule has 14 heavy (non-hydrogen) atoms. The predicted molar refractivity (Wildman–Crippen MR) is 61.3 cm³/mol. The molecular formula is C10H16N4. The van der Waals surface area contributed by atoms with Gasteiger partial charge >= 0.3 is 0 Å². The topological polar surface area (TPSA) is 49.1 Å². The molecule has 1 aliphatic heterocycles. The van der Waals surface area contributed by atoms with Gasteiger partial charge in [-0.15, -0.1) is 0 Å². The van der Waals surface area contributed by atoms with Crippen molar-refractivity contribution in [3.63, 3.8) is 0 Å². The van der Waals surface area contributed by atoms with E-state index in [1.54, 1.807) is 12.6 Å². The maximum atomic E-state index is 4.31. The first kappa shape index (κ1) is 10.6. The highest BCUT2D eigenvalue weighted by Crippen LogP contribution is 2.13. The third-order valence-electron chi connectivity index (χ3n) is 1.96. The van der Waals surface area contributed by atoms with Crippen molar-refractivity contribution in [2.24, 2.45) is 15.0 Å². The lowest BCUT2D eigenvalue weighted by molar-refractivity contribution is 0.814. The molecule has 0 aromatic carbocycles. The third-order valence-corrected chi connectivity index (χ3v) is 1.96. The largest absolute Gasteiger partial charge is 0.390 e. The van der Waals surface area contributed by atoms with E-state index in [9.17, 15) is 0 Å². The Morgan fingerprint density at radius 1 is 1.64 bits per heavy atom. The number of rotatable bonds is 4. The molecule has 1 N–H and O–H groups in total. The van der Waals surface area contributed by atoms with Crippen LogP contribution >= 0.6 is 0 Å². The van der Waals surface area contributed by atoms with Crippen molar-refractivity contribution in [3.8, 4) is 0 Å². The Labute approximate surface area is 84.6 Å². The molecule has 0 saturated carbocycles. The number of aliphatic imine (C=N–C) groups is 3. The SMILES string of the molecule is CC=NC=NCC1=C(NC)CCC=N1. The van der Waals surface area contributed by atoms with E-state index in [1.165, 1.54) is 5.70 Å². The Bertz CT molecular complexity index is 286. The number of hydrogen-bond acceptors (Lipinski definition) is 3. The molecule has 76 valence electrons. The molecule has 0 radical (unpaired) electrons. The molecule has 0 amide bonds. The van der Waals surface area contributed by atoms with Crippen LogP contribution in [0.2, 0.25) is 0 Å². The van der Waals surface area contributed by atoms with Crippen molar-refractivity contribution in [1.82, 2.24) is 5.32 Å². The molecule has 1 rings (SSSR count). The summed E-state index contributed by atoms with van der Waals surface area (Å²) in [5.41, 5.74) is 2.20. The van der Waals surface area contributed by atoms with E-state index in [0.29, 0.717) is 6.54 Å². The molecule has 0 saturated heterocycles.